The molecule has 0 bridgehead atoms. The van der Waals surface area contributed by atoms with Crippen LogP contribution in [0.3, 0.4) is 0 Å². The van der Waals surface area contributed by atoms with Gasteiger partial charge in [0.15, 0.2) is 0 Å². The lowest BCUT2D eigenvalue weighted by Gasteiger charge is -2.24. The molecule has 0 unspecified atom stereocenters. The minimum Gasteiger partial charge on any atom is -0.464 e. The fourth-order valence-corrected chi connectivity index (χ4v) is 2.44. The molecular weight excluding hydrogens is 338 g/mol. The summed E-state index contributed by atoms with van der Waals surface area (Å²) in [4.78, 5) is 50.1. The van der Waals surface area contributed by atoms with Gasteiger partial charge in [-0.2, -0.15) is 0 Å². The lowest BCUT2D eigenvalue weighted by molar-refractivity contribution is -0.126. The molecule has 0 saturated carbocycles. The van der Waals surface area contributed by atoms with Crippen molar-refractivity contribution in [2.75, 3.05) is 7.11 Å². The molecule has 8 heteroatoms. The number of carbonyl (C=O) groups excluding carboxylic acids is 4. The number of ether oxygens (including phenoxy) is 1. The summed E-state index contributed by atoms with van der Waals surface area (Å²) >= 11 is 0. The first-order valence-corrected chi connectivity index (χ1v) is 8.53. The van der Waals surface area contributed by atoms with Crippen molar-refractivity contribution < 1.29 is 23.9 Å². The van der Waals surface area contributed by atoms with E-state index in [0.29, 0.717) is 12.7 Å². The molecule has 2 amide bonds. The molecule has 144 valence electrons. The number of hydrogen-bond acceptors (Lipinski definition) is 5. The molecule has 1 aromatic heterocycles. The second-order valence-electron chi connectivity index (χ2n) is 6.85. The van der Waals surface area contributed by atoms with Crippen LogP contribution in [-0.2, 0) is 14.3 Å². The van der Waals surface area contributed by atoms with Gasteiger partial charge in [0.1, 0.15) is 23.7 Å². The Balaban J connectivity index is 2.82. The van der Waals surface area contributed by atoms with Crippen LogP contribution in [-0.4, -0.2) is 48.2 Å². The Kier molecular flexibility index (Phi) is 8.02. The van der Waals surface area contributed by atoms with Crippen molar-refractivity contribution in [2.24, 2.45) is 11.8 Å². The minimum atomic E-state index is -0.818. The van der Waals surface area contributed by atoms with E-state index in [4.69, 9.17) is 0 Å². The summed E-state index contributed by atoms with van der Waals surface area (Å²) in [6.07, 6.45) is 1.22. The van der Waals surface area contributed by atoms with Crippen LogP contribution >= 0.6 is 0 Å². The fourth-order valence-electron chi connectivity index (χ4n) is 2.44. The number of rotatable bonds is 9. The van der Waals surface area contributed by atoms with Crippen LogP contribution in [0.25, 0.3) is 0 Å². The van der Waals surface area contributed by atoms with E-state index in [0.717, 1.165) is 0 Å². The average Bonchev–Trinajstić information content (AvgIpc) is 3.07. The highest BCUT2D eigenvalue weighted by atomic mass is 16.5. The minimum absolute atomic E-state index is 0.137. The number of amides is 2. The van der Waals surface area contributed by atoms with E-state index >= 15 is 0 Å². The van der Waals surface area contributed by atoms with Gasteiger partial charge >= 0.3 is 5.97 Å². The standard InChI is InChI=1S/C18H27N3O5/c1-10(2)8-12(9-22)19-17(24)15(11(3)4)21-16(23)13-6-7-14(20-13)18(25)26-5/h6-7,9-12,15,20H,8H2,1-5H3,(H,19,24)(H,21,23)/t12-,15-/m0/s1. The summed E-state index contributed by atoms with van der Waals surface area (Å²) in [7, 11) is 1.24. The first kappa shape index (κ1) is 21.4. The highest BCUT2D eigenvalue weighted by molar-refractivity contribution is 5.98. The number of aldehydes is 1. The second kappa shape index (κ2) is 9.74. The Morgan fingerprint density at radius 3 is 2.23 bits per heavy atom. The number of hydrogen-bond donors (Lipinski definition) is 3. The number of aromatic amines is 1. The van der Waals surface area contributed by atoms with E-state index in [1.165, 1.54) is 19.2 Å². The maximum atomic E-state index is 12.5. The van der Waals surface area contributed by atoms with Gasteiger partial charge in [0.25, 0.3) is 5.91 Å². The molecule has 1 heterocycles. The van der Waals surface area contributed by atoms with Crippen molar-refractivity contribution in [1.82, 2.24) is 15.6 Å². The molecule has 26 heavy (non-hydrogen) atoms. The molecule has 2 atom stereocenters. The summed E-state index contributed by atoms with van der Waals surface area (Å²) in [6, 6.07) is 1.44. The Morgan fingerprint density at radius 1 is 1.12 bits per heavy atom. The van der Waals surface area contributed by atoms with Gasteiger partial charge in [0.2, 0.25) is 5.91 Å². The topological polar surface area (TPSA) is 117 Å². The van der Waals surface area contributed by atoms with E-state index < -0.39 is 29.9 Å². The van der Waals surface area contributed by atoms with Crippen LogP contribution in [0, 0.1) is 11.8 Å². The third kappa shape index (κ3) is 6.02. The van der Waals surface area contributed by atoms with Gasteiger partial charge in [-0.15, -0.1) is 0 Å². The second-order valence-corrected chi connectivity index (χ2v) is 6.85. The van der Waals surface area contributed by atoms with Gasteiger partial charge in [0.05, 0.1) is 13.2 Å². The average molecular weight is 365 g/mol. The van der Waals surface area contributed by atoms with Gasteiger partial charge in [-0.3, -0.25) is 9.59 Å². The molecular formula is C18H27N3O5. The third-order valence-electron chi connectivity index (χ3n) is 3.79. The molecule has 0 fully saturated rings. The smallest absolute Gasteiger partial charge is 0.354 e. The largest absolute Gasteiger partial charge is 0.464 e. The van der Waals surface area contributed by atoms with Crippen molar-refractivity contribution in [1.29, 1.82) is 0 Å². The number of methoxy groups -OCH3 is 1. The normalized spacial score (nSPS) is 13.2. The summed E-state index contributed by atoms with van der Waals surface area (Å²) in [5.74, 6) is -1.50. The Hall–Kier alpha value is -2.64. The monoisotopic (exact) mass is 365 g/mol. The number of nitrogens with one attached hydrogen (secondary N) is 3. The van der Waals surface area contributed by atoms with E-state index in [9.17, 15) is 19.2 Å². The molecule has 1 aromatic rings. The van der Waals surface area contributed by atoms with E-state index in [1.54, 1.807) is 13.8 Å². The zero-order valence-corrected chi connectivity index (χ0v) is 15.8. The summed E-state index contributed by atoms with van der Waals surface area (Å²) in [6.45, 7) is 7.48. The van der Waals surface area contributed by atoms with Crippen molar-refractivity contribution in [3.05, 3.63) is 23.5 Å². The van der Waals surface area contributed by atoms with Crippen LogP contribution in [0.2, 0.25) is 0 Å². The zero-order chi connectivity index (χ0) is 19.9. The molecule has 0 aliphatic rings. The van der Waals surface area contributed by atoms with Crippen molar-refractivity contribution in [3.63, 3.8) is 0 Å². The number of esters is 1. The molecule has 0 spiro atoms. The number of aromatic nitrogens is 1. The quantitative estimate of drug-likeness (QED) is 0.450. The zero-order valence-electron chi connectivity index (χ0n) is 15.8. The van der Waals surface area contributed by atoms with E-state index in [-0.39, 0.29) is 23.2 Å². The molecule has 0 aromatic carbocycles. The number of carbonyl (C=O) groups is 4. The highest BCUT2D eigenvalue weighted by Gasteiger charge is 2.27. The molecule has 0 aliphatic heterocycles. The fraction of sp³-hybridized carbons (Fsp3) is 0.556. The van der Waals surface area contributed by atoms with Crippen LogP contribution in [0.4, 0.5) is 0 Å². The van der Waals surface area contributed by atoms with Gasteiger partial charge < -0.3 is 25.1 Å². The third-order valence-corrected chi connectivity index (χ3v) is 3.79. The predicted octanol–water partition coefficient (Wildman–Crippen LogP) is 1.29. The van der Waals surface area contributed by atoms with E-state index in [2.05, 4.69) is 20.4 Å². The van der Waals surface area contributed by atoms with Gasteiger partial charge in [-0.1, -0.05) is 27.7 Å². The Bertz CT molecular complexity index is 651. The predicted molar refractivity (Wildman–Crippen MR) is 95.7 cm³/mol. The van der Waals surface area contributed by atoms with Crippen LogP contribution in [0.15, 0.2) is 12.1 Å². The highest BCUT2D eigenvalue weighted by Crippen LogP contribution is 2.09. The maximum Gasteiger partial charge on any atom is 0.354 e. The van der Waals surface area contributed by atoms with Crippen LogP contribution in [0.5, 0.6) is 0 Å². The molecule has 0 saturated heterocycles. The van der Waals surface area contributed by atoms with Gasteiger partial charge in [-0.25, -0.2) is 4.79 Å². The van der Waals surface area contributed by atoms with E-state index in [1.807, 2.05) is 13.8 Å². The molecule has 0 aliphatic carbocycles. The maximum absolute atomic E-state index is 12.5. The first-order chi connectivity index (χ1) is 12.2. The molecule has 3 N–H and O–H groups in total. The van der Waals surface area contributed by atoms with Crippen LogP contribution < -0.4 is 10.6 Å². The molecule has 0 radical (unpaired) electrons. The number of H-pyrrole nitrogens is 1. The Morgan fingerprint density at radius 2 is 1.73 bits per heavy atom. The van der Waals surface area contributed by atoms with Crippen molar-refractivity contribution in [3.8, 4) is 0 Å². The van der Waals surface area contributed by atoms with Gasteiger partial charge in [0, 0.05) is 0 Å². The summed E-state index contributed by atoms with van der Waals surface area (Å²) in [5, 5.41) is 5.30. The molecule has 1 rings (SSSR count). The van der Waals surface area contributed by atoms with Gasteiger partial charge in [-0.05, 0) is 30.4 Å². The van der Waals surface area contributed by atoms with Crippen molar-refractivity contribution in [2.45, 2.75) is 46.2 Å². The lowest BCUT2D eigenvalue weighted by Crippen LogP contribution is -2.52. The summed E-state index contributed by atoms with van der Waals surface area (Å²) < 4.78 is 4.58. The molecule has 8 nitrogen and oxygen atoms in total. The summed E-state index contributed by atoms with van der Waals surface area (Å²) in [5.41, 5.74) is 0.277. The lowest BCUT2D eigenvalue weighted by atomic mass is 10.0. The first-order valence-electron chi connectivity index (χ1n) is 8.53. The van der Waals surface area contributed by atoms with Crippen LogP contribution in [0.1, 0.15) is 55.1 Å². The SMILES string of the molecule is COC(=O)c1ccc(C(=O)N[C@H](C(=O)N[C@H](C=O)CC(C)C)C(C)C)[nH]1. The Labute approximate surface area is 153 Å². The van der Waals surface area contributed by atoms with Crippen molar-refractivity contribution >= 4 is 24.1 Å².